The standard InChI is InChI=1S/C23H22Cl2FN3O3/c1-27-6-7-29(23(27)31)14-2-3-18(25)21(10-14)32-22-17-8-13(24)9-19(26)16(17)11-20(22)28-5-4-15(30)12-28/h2-3,6-10,15,20,22,30H,4-5,11-12H2,1H3/t15-,20+,22+/m1/s1. The molecule has 1 aliphatic carbocycles. The van der Waals surface area contributed by atoms with Crippen LogP contribution >= 0.6 is 23.2 Å². The lowest BCUT2D eigenvalue weighted by atomic mass is 10.1. The van der Waals surface area contributed by atoms with Crippen LogP contribution in [-0.4, -0.2) is 44.4 Å². The van der Waals surface area contributed by atoms with Gasteiger partial charge in [-0.1, -0.05) is 23.2 Å². The monoisotopic (exact) mass is 477 g/mol. The largest absolute Gasteiger partial charge is 0.482 e. The Labute approximate surface area is 194 Å². The van der Waals surface area contributed by atoms with Crippen molar-refractivity contribution < 1.29 is 14.2 Å². The van der Waals surface area contributed by atoms with Crippen LogP contribution in [0.1, 0.15) is 23.7 Å². The highest BCUT2D eigenvalue weighted by Crippen LogP contribution is 2.43. The molecule has 168 valence electrons. The van der Waals surface area contributed by atoms with Gasteiger partial charge in [-0.3, -0.25) is 9.47 Å². The van der Waals surface area contributed by atoms with Gasteiger partial charge in [-0.25, -0.2) is 9.18 Å². The van der Waals surface area contributed by atoms with Crippen LogP contribution in [0.4, 0.5) is 4.39 Å². The van der Waals surface area contributed by atoms with Gasteiger partial charge in [0, 0.05) is 49.2 Å². The summed E-state index contributed by atoms with van der Waals surface area (Å²) in [7, 11) is 1.68. The first kappa shape index (κ1) is 21.5. The van der Waals surface area contributed by atoms with Crippen LogP contribution < -0.4 is 10.4 Å². The summed E-state index contributed by atoms with van der Waals surface area (Å²) in [4.78, 5) is 14.5. The van der Waals surface area contributed by atoms with Crippen molar-refractivity contribution in [3.63, 3.8) is 0 Å². The van der Waals surface area contributed by atoms with E-state index in [1.54, 1.807) is 43.7 Å². The Kier molecular flexibility index (Phi) is 5.53. The Hall–Kier alpha value is -2.32. The van der Waals surface area contributed by atoms with E-state index in [1.165, 1.54) is 15.2 Å². The second-order valence-electron chi connectivity index (χ2n) is 8.38. The maximum absolute atomic E-state index is 14.7. The van der Waals surface area contributed by atoms with E-state index in [1.807, 2.05) is 0 Å². The van der Waals surface area contributed by atoms with Crippen LogP contribution in [0, 0.1) is 5.82 Å². The minimum Gasteiger partial charge on any atom is -0.482 e. The lowest BCUT2D eigenvalue weighted by molar-refractivity contribution is 0.0818. The number of nitrogens with zero attached hydrogens (tertiary/aromatic N) is 3. The number of rotatable bonds is 4. The Morgan fingerprint density at radius 1 is 1.19 bits per heavy atom. The molecule has 1 aliphatic heterocycles. The van der Waals surface area contributed by atoms with Crippen molar-refractivity contribution in [2.45, 2.75) is 31.1 Å². The Bertz CT molecular complexity index is 1240. The average Bonchev–Trinajstić information content (AvgIpc) is 3.42. The molecule has 0 unspecified atom stereocenters. The minimum atomic E-state index is -0.524. The summed E-state index contributed by atoms with van der Waals surface area (Å²) >= 11 is 12.6. The third-order valence-electron chi connectivity index (χ3n) is 6.32. The van der Waals surface area contributed by atoms with Gasteiger partial charge in [0.05, 0.1) is 22.9 Å². The van der Waals surface area contributed by atoms with E-state index in [0.717, 1.165) is 0 Å². The summed E-state index contributed by atoms with van der Waals surface area (Å²) in [5, 5.41) is 10.7. The highest BCUT2D eigenvalue weighted by molar-refractivity contribution is 6.32. The molecule has 3 atom stereocenters. The molecular weight excluding hydrogens is 456 g/mol. The molecule has 0 bridgehead atoms. The SMILES string of the molecule is Cn1ccn(-c2ccc(Cl)c(O[C@H]3c4cc(Cl)cc(F)c4C[C@@H]3N3CC[C@@H](O)C3)c2)c1=O. The number of aryl methyl sites for hydroxylation is 1. The van der Waals surface area contributed by atoms with Crippen molar-refractivity contribution in [3.05, 3.63) is 80.2 Å². The van der Waals surface area contributed by atoms with Gasteiger partial charge in [-0.2, -0.15) is 0 Å². The summed E-state index contributed by atoms with van der Waals surface area (Å²) in [6.07, 6.45) is 3.52. The number of benzene rings is 2. The molecule has 9 heteroatoms. The fourth-order valence-electron chi connectivity index (χ4n) is 4.68. The summed E-state index contributed by atoms with van der Waals surface area (Å²) in [6.45, 7) is 1.20. The summed E-state index contributed by atoms with van der Waals surface area (Å²) in [5.74, 6) is 0.0296. The third kappa shape index (κ3) is 3.73. The van der Waals surface area contributed by atoms with Crippen LogP contribution in [0.25, 0.3) is 5.69 Å². The van der Waals surface area contributed by atoms with Gasteiger partial charge < -0.3 is 14.4 Å². The first-order chi connectivity index (χ1) is 15.3. The minimum absolute atomic E-state index is 0.172. The van der Waals surface area contributed by atoms with E-state index in [2.05, 4.69) is 4.90 Å². The van der Waals surface area contributed by atoms with Crippen molar-refractivity contribution in [3.8, 4) is 11.4 Å². The number of aliphatic hydroxyl groups excluding tert-OH is 1. The van der Waals surface area contributed by atoms with Crippen molar-refractivity contribution in [2.24, 2.45) is 7.05 Å². The molecule has 1 fully saturated rings. The number of halogens is 3. The normalized spacial score (nSPS) is 23.0. The molecule has 2 aromatic carbocycles. The van der Waals surface area contributed by atoms with Crippen molar-refractivity contribution in [1.82, 2.24) is 14.0 Å². The van der Waals surface area contributed by atoms with Gasteiger partial charge in [0.25, 0.3) is 0 Å². The van der Waals surface area contributed by atoms with Gasteiger partial charge in [0.1, 0.15) is 17.7 Å². The highest BCUT2D eigenvalue weighted by atomic mass is 35.5. The molecule has 6 nitrogen and oxygen atoms in total. The molecule has 5 rings (SSSR count). The van der Waals surface area contributed by atoms with Crippen LogP contribution in [0.3, 0.4) is 0 Å². The van der Waals surface area contributed by atoms with Crippen LogP contribution in [-0.2, 0) is 13.5 Å². The van der Waals surface area contributed by atoms with Crippen LogP contribution in [0.15, 0.2) is 47.5 Å². The van der Waals surface area contributed by atoms with Gasteiger partial charge in [0.2, 0.25) is 0 Å². The quantitative estimate of drug-likeness (QED) is 0.621. The molecular formula is C23H22Cl2FN3O3. The second-order valence-corrected chi connectivity index (χ2v) is 9.22. The topological polar surface area (TPSA) is 59.6 Å². The molecule has 0 radical (unpaired) electrons. The van der Waals surface area contributed by atoms with Crippen molar-refractivity contribution >= 4 is 23.2 Å². The molecule has 1 N–H and O–H groups in total. The first-order valence-electron chi connectivity index (χ1n) is 10.4. The van der Waals surface area contributed by atoms with Gasteiger partial charge in [-0.15, -0.1) is 0 Å². The zero-order valence-corrected chi connectivity index (χ0v) is 18.9. The molecule has 0 amide bonds. The van der Waals surface area contributed by atoms with E-state index < -0.39 is 12.2 Å². The van der Waals surface area contributed by atoms with Gasteiger partial charge >= 0.3 is 5.69 Å². The highest BCUT2D eigenvalue weighted by Gasteiger charge is 2.42. The summed E-state index contributed by atoms with van der Waals surface area (Å²) < 4.78 is 24.1. The number of β-amino-alcohol motifs (C(OH)–C–C–N with tert-alkyl or cyclic N) is 1. The maximum Gasteiger partial charge on any atom is 0.332 e. The number of fused-ring (bicyclic) bond motifs is 1. The van der Waals surface area contributed by atoms with E-state index in [9.17, 15) is 14.3 Å². The molecule has 2 aliphatic rings. The lowest BCUT2D eigenvalue weighted by Gasteiger charge is -2.30. The lowest BCUT2D eigenvalue weighted by Crippen LogP contribution is -2.39. The zero-order chi connectivity index (χ0) is 22.6. The number of hydrogen-bond acceptors (Lipinski definition) is 4. The molecule has 2 heterocycles. The van der Waals surface area contributed by atoms with Gasteiger partial charge in [0.15, 0.2) is 0 Å². The number of likely N-dealkylation sites (tertiary alicyclic amines) is 1. The predicted molar refractivity (Wildman–Crippen MR) is 120 cm³/mol. The fourth-order valence-corrected chi connectivity index (χ4v) is 5.05. The molecule has 3 aromatic rings. The number of imidazole rings is 1. The fraction of sp³-hybridized carbons (Fsp3) is 0.348. The van der Waals surface area contributed by atoms with Crippen LogP contribution in [0.2, 0.25) is 10.0 Å². The maximum atomic E-state index is 14.7. The molecule has 0 saturated carbocycles. The molecule has 1 aromatic heterocycles. The number of hydrogen-bond donors (Lipinski definition) is 1. The predicted octanol–water partition coefficient (Wildman–Crippen LogP) is 3.73. The number of aliphatic hydroxyl groups is 1. The molecule has 1 saturated heterocycles. The van der Waals surface area contributed by atoms with E-state index >= 15 is 0 Å². The molecule has 32 heavy (non-hydrogen) atoms. The van der Waals surface area contributed by atoms with E-state index in [4.69, 9.17) is 27.9 Å². The average molecular weight is 478 g/mol. The van der Waals surface area contributed by atoms with E-state index in [-0.39, 0.29) is 17.5 Å². The first-order valence-corrected chi connectivity index (χ1v) is 11.2. The third-order valence-corrected chi connectivity index (χ3v) is 6.85. The van der Waals surface area contributed by atoms with Gasteiger partial charge in [-0.05, 0) is 42.7 Å². The van der Waals surface area contributed by atoms with Crippen molar-refractivity contribution in [2.75, 3.05) is 13.1 Å². The smallest absolute Gasteiger partial charge is 0.332 e. The van der Waals surface area contributed by atoms with E-state index in [0.29, 0.717) is 58.5 Å². The Morgan fingerprint density at radius 2 is 2.00 bits per heavy atom. The number of aromatic nitrogens is 2. The summed E-state index contributed by atoms with van der Waals surface area (Å²) in [6, 6.07) is 8.00. The zero-order valence-electron chi connectivity index (χ0n) is 17.3. The van der Waals surface area contributed by atoms with Crippen molar-refractivity contribution in [1.29, 1.82) is 0 Å². The second kappa shape index (κ2) is 8.23. The Morgan fingerprint density at radius 3 is 2.69 bits per heavy atom. The Balaban J connectivity index is 1.54. The summed E-state index contributed by atoms with van der Waals surface area (Å²) in [5.41, 5.74) is 1.66. The molecule has 0 spiro atoms. The number of ether oxygens (including phenoxy) is 1. The van der Waals surface area contributed by atoms with Crippen LogP contribution in [0.5, 0.6) is 5.75 Å².